The van der Waals surface area contributed by atoms with E-state index in [0.717, 1.165) is 4.99 Å². The van der Waals surface area contributed by atoms with E-state index in [2.05, 4.69) is 133 Å². The van der Waals surface area contributed by atoms with Crippen LogP contribution in [0, 0.1) is 0 Å². The lowest BCUT2D eigenvalue weighted by atomic mass is 9.62. The van der Waals surface area contributed by atoms with Gasteiger partial charge < -0.3 is 9.47 Å². The number of fused-ring (bicyclic) bond motifs is 5. The monoisotopic (exact) mass is 502 g/mol. The number of likely N-dealkylation sites (N-methyl/N-ethyl adjacent to an activating group) is 1. The molecule has 0 radical (unpaired) electrons. The summed E-state index contributed by atoms with van der Waals surface area (Å²) in [7, 11) is 4.35. The molecule has 2 aliphatic heterocycles. The predicted octanol–water partition coefficient (Wildman–Crippen LogP) is 7.87. The van der Waals surface area contributed by atoms with E-state index in [1.807, 2.05) is 11.8 Å². The van der Waals surface area contributed by atoms with Gasteiger partial charge in [-0.25, -0.2) is 0 Å². The normalized spacial score (nSPS) is 22.7. The van der Waals surface area contributed by atoms with Crippen LogP contribution in [0.4, 0.5) is 5.69 Å². The average Bonchev–Trinajstić information content (AvgIpc) is 3.34. The summed E-state index contributed by atoms with van der Waals surface area (Å²) < 4.78 is 2.39. The molecule has 1 aromatic heterocycles. The maximum Gasteiger partial charge on any atom is 0.0953 e. The van der Waals surface area contributed by atoms with Crippen molar-refractivity contribution in [2.75, 3.05) is 11.9 Å². The molecular formula is C32H26N2S2. The molecule has 0 fully saturated rings. The van der Waals surface area contributed by atoms with Gasteiger partial charge in [0.15, 0.2) is 0 Å². The van der Waals surface area contributed by atoms with Crippen molar-refractivity contribution in [3.05, 3.63) is 131 Å². The first kappa shape index (κ1) is 21.9. The van der Waals surface area contributed by atoms with Crippen LogP contribution < -0.4 is 4.90 Å². The number of rotatable bonds is 2. The number of para-hydroxylation sites is 2. The highest BCUT2D eigenvalue weighted by Crippen LogP contribution is 2.68. The molecule has 0 N–H and O–H groups in total. The highest BCUT2D eigenvalue weighted by atomic mass is 32.2. The Bertz CT molecular complexity index is 1620. The molecule has 4 heteroatoms. The van der Waals surface area contributed by atoms with Crippen LogP contribution in [0.5, 0.6) is 0 Å². The number of aromatic nitrogens is 1. The quantitative estimate of drug-likeness (QED) is 0.227. The topological polar surface area (TPSA) is 8.17 Å². The van der Waals surface area contributed by atoms with E-state index in [0.29, 0.717) is 0 Å². The van der Waals surface area contributed by atoms with E-state index in [9.17, 15) is 0 Å². The van der Waals surface area contributed by atoms with E-state index in [1.54, 1.807) is 0 Å². The molecule has 1 spiro atoms. The Hall–Kier alpha value is -3.34. The number of thiocarbonyl (C=S) groups is 1. The van der Waals surface area contributed by atoms with Crippen LogP contribution in [0.25, 0.3) is 10.9 Å². The van der Waals surface area contributed by atoms with Crippen LogP contribution in [0.2, 0.25) is 0 Å². The molecule has 5 aromatic rings. The van der Waals surface area contributed by atoms with Gasteiger partial charge in [0, 0.05) is 42.2 Å². The number of benzene rings is 4. The maximum atomic E-state index is 6.50. The van der Waals surface area contributed by atoms with Gasteiger partial charge in [-0.1, -0.05) is 121 Å². The second-order valence-corrected chi connectivity index (χ2v) is 11.3. The number of hydrogen-bond donors (Lipinski definition) is 0. The fraction of sp³-hybridized carbons (Fsp3) is 0.156. The van der Waals surface area contributed by atoms with Gasteiger partial charge in [0.25, 0.3) is 0 Å². The number of aryl methyl sites for hydroxylation is 1. The molecule has 0 amide bonds. The Morgan fingerprint density at radius 1 is 0.722 bits per heavy atom. The van der Waals surface area contributed by atoms with Crippen molar-refractivity contribution < 1.29 is 0 Å². The van der Waals surface area contributed by atoms with Gasteiger partial charge in [-0.05, 0) is 28.8 Å². The molecule has 36 heavy (non-hydrogen) atoms. The molecule has 0 saturated heterocycles. The molecule has 0 saturated carbocycles. The molecular weight excluding hydrogens is 477 g/mol. The third kappa shape index (κ3) is 2.77. The summed E-state index contributed by atoms with van der Waals surface area (Å²) in [6, 6.07) is 39.7. The minimum absolute atomic E-state index is 0.0739. The second kappa shape index (κ2) is 8.09. The summed E-state index contributed by atoms with van der Waals surface area (Å²) in [5.41, 5.74) is 7.41. The summed E-state index contributed by atoms with van der Waals surface area (Å²) >= 11 is 8.47. The van der Waals surface area contributed by atoms with Crippen molar-refractivity contribution in [3.8, 4) is 0 Å². The number of nitrogens with zero attached hydrogens (tertiary/aromatic N) is 2. The standard InChI is InChI=1S/C32H26N2S2/c1-33-25-19-11-9-17-23(25)27-28(21-13-5-3-6-14-21)32(24-18-10-12-20-26(24)34(2)31(32)35)29(36-30(27)33)22-15-7-4-8-16-22/h3-20,28-29H,1-2H3/t28-,29-,32+/m0/s1. The minimum atomic E-state index is -0.412. The Morgan fingerprint density at radius 3 is 2.08 bits per heavy atom. The highest BCUT2D eigenvalue weighted by molar-refractivity contribution is 7.99. The van der Waals surface area contributed by atoms with Crippen LogP contribution >= 0.6 is 24.0 Å². The Kier molecular flexibility index (Phi) is 4.92. The van der Waals surface area contributed by atoms with Crippen LogP contribution in [0.1, 0.15) is 33.4 Å². The van der Waals surface area contributed by atoms with Crippen molar-refractivity contribution >= 4 is 45.6 Å². The van der Waals surface area contributed by atoms with E-state index >= 15 is 0 Å². The summed E-state index contributed by atoms with van der Waals surface area (Å²) in [6.45, 7) is 0. The van der Waals surface area contributed by atoms with Crippen LogP contribution in [-0.2, 0) is 12.5 Å². The second-order valence-electron chi connectivity index (χ2n) is 9.80. The van der Waals surface area contributed by atoms with Crippen molar-refractivity contribution in [2.45, 2.75) is 21.6 Å². The van der Waals surface area contributed by atoms with E-state index in [-0.39, 0.29) is 11.2 Å². The molecule has 176 valence electrons. The molecule has 4 aromatic carbocycles. The van der Waals surface area contributed by atoms with Gasteiger partial charge >= 0.3 is 0 Å². The van der Waals surface area contributed by atoms with Crippen LogP contribution in [-0.4, -0.2) is 16.6 Å². The predicted molar refractivity (Wildman–Crippen MR) is 155 cm³/mol. The SMILES string of the molecule is CN1C(=S)[C@]2(c3ccccc31)[C@@H](c1ccccc1)c1c(n(C)c3ccccc13)S[C@H]2c1ccccc1. The average molecular weight is 503 g/mol. The molecule has 0 bridgehead atoms. The molecule has 7 rings (SSSR count). The lowest BCUT2D eigenvalue weighted by Gasteiger charge is -2.48. The van der Waals surface area contributed by atoms with E-state index in [4.69, 9.17) is 12.2 Å². The van der Waals surface area contributed by atoms with Crippen molar-refractivity contribution in [3.63, 3.8) is 0 Å². The zero-order chi connectivity index (χ0) is 24.4. The largest absolute Gasteiger partial charge is 0.339 e. The van der Waals surface area contributed by atoms with E-state index in [1.165, 1.54) is 43.9 Å². The van der Waals surface area contributed by atoms with Gasteiger partial charge in [0.05, 0.1) is 20.7 Å². The fourth-order valence-electron chi connectivity index (χ4n) is 6.59. The minimum Gasteiger partial charge on any atom is -0.339 e. The van der Waals surface area contributed by atoms with E-state index < -0.39 is 5.41 Å². The van der Waals surface area contributed by atoms with Gasteiger partial charge in [0.2, 0.25) is 0 Å². The summed E-state index contributed by atoms with van der Waals surface area (Å²) in [5.74, 6) is 0.0739. The fourth-order valence-corrected chi connectivity index (χ4v) is 8.80. The number of thioether (sulfide) groups is 1. The first-order valence-corrected chi connectivity index (χ1v) is 13.6. The Morgan fingerprint density at radius 2 is 1.33 bits per heavy atom. The van der Waals surface area contributed by atoms with Gasteiger partial charge in [-0.3, -0.25) is 0 Å². The van der Waals surface area contributed by atoms with Crippen LogP contribution in [0.3, 0.4) is 0 Å². The molecule has 3 heterocycles. The van der Waals surface area contributed by atoms with Crippen molar-refractivity contribution in [2.24, 2.45) is 7.05 Å². The smallest absolute Gasteiger partial charge is 0.0953 e. The molecule has 0 unspecified atom stereocenters. The number of anilines is 1. The number of hydrogen-bond acceptors (Lipinski definition) is 2. The molecule has 0 aliphatic carbocycles. The first-order valence-electron chi connectivity index (χ1n) is 12.4. The van der Waals surface area contributed by atoms with Crippen molar-refractivity contribution in [1.29, 1.82) is 0 Å². The maximum absolute atomic E-state index is 6.50. The first-order chi connectivity index (χ1) is 17.6. The Labute approximate surface area is 221 Å². The third-order valence-corrected chi connectivity index (χ3v) is 10.3. The lowest BCUT2D eigenvalue weighted by molar-refractivity contribution is 0.486. The lowest BCUT2D eigenvalue weighted by Crippen LogP contribution is -2.48. The summed E-state index contributed by atoms with van der Waals surface area (Å²) in [6.07, 6.45) is 0. The molecule has 3 atom stereocenters. The molecule has 2 aliphatic rings. The van der Waals surface area contributed by atoms with Gasteiger partial charge in [0.1, 0.15) is 0 Å². The summed E-state index contributed by atoms with van der Waals surface area (Å²) in [5, 5.41) is 2.77. The van der Waals surface area contributed by atoms with Crippen LogP contribution in [0.15, 0.2) is 114 Å². The Balaban J connectivity index is 1.67. The zero-order valence-electron chi connectivity index (χ0n) is 20.3. The van der Waals surface area contributed by atoms with Gasteiger partial charge in [-0.2, -0.15) is 0 Å². The summed E-state index contributed by atoms with van der Waals surface area (Å²) in [4.78, 5) is 3.25. The molecule has 2 nitrogen and oxygen atoms in total. The van der Waals surface area contributed by atoms with Gasteiger partial charge in [-0.15, -0.1) is 0 Å². The third-order valence-electron chi connectivity index (χ3n) is 8.08. The highest BCUT2D eigenvalue weighted by Gasteiger charge is 2.61. The zero-order valence-corrected chi connectivity index (χ0v) is 21.9. The van der Waals surface area contributed by atoms with Crippen molar-refractivity contribution in [1.82, 2.24) is 4.57 Å².